The minimum absolute atomic E-state index is 0.301. The Kier molecular flexibility index (Phi) is 2.52. The molecule has 0 aliphatic carbocycles. The van der Waals surface area contributed by atoms with Crippen molar-refractivity contribution >= 4 is 5.84 Å². The summed E-state index contributed by atoms with van der Waals surface area (Å²) in [6.07, 6.45) is 0. The van der Waals surface area contributed by atoms with Crippen LogP contribution in [0.25, 0.3) is 0 Å². The first-order chi connectivity index (χ1) is 5.24. The Balaban J connectivity index is 2.34. The Hall–Kier alpha value is -0.990. The van der Waals surface area contributed by atoms with Gasteiger partial charge in [-0.2, -0.15) is 0 Å². The predicted octanol–water partition coefficient (Wildman–Crippen LogP) is 0.500. The van der Waals surface area contributed by atoms with E-state index in [1.54, 1.807) is 0 Å². The molecule has 0 aromatic carbocycles. The van der Waals surface area contributed by atoms with E-state index in [0.29, 0.717) is 6.04 Å². The van der Waals surface area contributed by atoms with Gasteiger partial charge in [0.1, 0.15) is 0 Å². The minimum Gasteiger partial charge on any atom is -0.387 e. The van der Waals surface area contributed by atoms with E-state index in [2.05, 4.69) is 29.1 Å². The van der Waals surface area contributed by atoms with Crippen LogP contribution in [0.4, 0.5) is 0 Å². The van der Waals surface area contributed by atoms with Crippen molar-refractivity contribution in [3.8, 4) is 0 Å². The minimum atomic E-state index is 0.301. The number of hydrogen-bond acceptors (Lipinski definition) is 3. The number of nitrogens with one attached hydrogen (secondary N) is 2. The van der Waals surface area contributed by atoms with Crippen LogP contribution in [0.3, 0.4) is 0 Å². The van der Waals surface area contributed by atoms with Gasteiger partial charge < -0.3 is 10.6 Å². The first-order valence-corrected chi connectivity index (χ1v) is 3.94. The van der Waals surface area contributed by atoms with Crippen molar-refractivity contribution in [1.29, 1.82) is 0 Å². The highest BCUT2D eigenvalue weighted by Gasteiger charge is 2.16. The molecule has 0 bridgehead atoms. The summed E-state index contributed by atoms with van der Waals surface area (Å²) in [5.74, 6) is 1.01. The van der Waals surface area contributed by atoms with Crippen LogP contribution in [-0.2, 0) is 0 Å². The second-order valence-electron chi connectivity index (χ2n) is 2.68. The highest BCUT2D eigenvalue weighted by molar-refractivity contribution is 5.81. The highest BCUT2D eigenvalue weighted by atomic mass is 15.1. The molecule has 0 radical (unpaired) electrons. The summed E-state index contributed by atoms with van der Waals surface area (Å²) < 4.78 is 0. The average molecular weight is 153 g/mol. The topological polar surface area (TPSA) is 36.4 Å². The first-order valence-electron chi connectivity index (χ1n) is 3.94. The van der Waals surface area contributed by atoms with E-state index in [0.717, 1.165) is 24.6 Å². The van der Waals surface area contributed by atoms with Gasteiger partial charge in [0, 0.05) is 12.2 Å². The fourth-order valence-corrected chi connectivity index (χ4v) is 1.12. The number of nitrogens with zero attached hydrogens (tertiary/aromatic N) is 1. The van der Waals surface area contributed by atoms with Gasteiger partial charge in [0.15, 0.2) is 0 Å². The molecule has 0 fully saturated rings. The Morgan fingerprint density at radius 1 is 1.91 bits per heavy atom. The Labute approximate surface area is 67.6 Å². The first kappa shape index (κ1) is 8.11. The zero-order valence-corrected chi connectivity index (χ0v) is 7.15. The fraction of sp³-hybridized carbons (Fsp3) is 0.625. The molecule has 11 heavy (non-hydrogen) atoms. The molecule has 0 aromatic heterocycles. The molecular weight excluding hydrogens is 138 g/mol. The largest absolute Gasteiger partial charge is 0.387 e. The molecule has 62 valence electrons. The molecule has 3 heteroatoms. The van der Waals surface area contributed by atoms with E-state index in [9.17, 15) is 0 Å². The number of hydrogen-bond donors (Lipinski definition) is 2. The van der Waals surface area contributed by atoms with Gasteiger partial charge in [-0.05, 0) is 13.8 Å². The summed E-state index contributed by atoms with van der Waals surface area (Å²) >= 11 is 0. The van der Waals surface area contributed by atoms with E-state index < -0.39 is 0 Å². The van der Waals surface area contributed by atoms with Crippen LogP contribution in [0.1, 0.15) is 13.8 Å². The molecule has 1 heterocycles. The lowest BCUT2D eigenvalue weighted by Gasteiger charge is -2.14. The standard InChI is InChI=1S/C8H15N3/c1-4-9-6(2)8-5-10-7(3)11-8/h8-9H,2,4-5H2,1,3H3,(H,10,11). The van der Waals surface area contributed by atoms with Gasteiger partial charge in [0.2, 0.25) is 0 Å². The van der Waals surface area contributed by atoms with E-state index >= 15 is 0 Å². The zero-order chi connectivity index (χ0) is 8.27. The number of amidine groups is 1. The third-order valence-electron chi connectivity index (χ3n) is 1.72. The lowest BCUT2D eigenvalue weighted by Crippen LogP contribution is -2.35. The van der Waals surface area contributed by atoms with Crippen LogP contribution in [0.5, 0.6) is 0 Å². The van der Waals surface area contributed by atoms with Gasteiger partial charge in [-0.3, -0.25) is 4.99 Å². The second-order valence-corrected chi connectivity index (χ2v) is 2.68. The number of likely N-dealkylation sites (N-methyl/N-ethyl adjacent to an activating group) is 1. The van der Waals surface area contributed by atoms with Gasteiger partial charge in [-0.15, -0.1) is 0 Å². The highest BCUT2D eigenvalue weighted by Crippen LogP contribution is 2.02. The third-order valence-corrected chi connectivity index (χ3v) is 1.72. The van der Waals surface area contributed by atoms with Crippen molar-refractivity contribution in [3.05, 3.63) is 12.3 Å². The van der Waals surface area contributed by atoms with Crippen molar-refractivity contribution in [2.24, 2.45) is 4.99 Å². The Morgan fingerprint density at radius 2 is 2.64 bits per heavy atom. The van der Waals surface area contributed by atoms with Gasteiger partial charge in [0.05, 0.1) is 18.4 Å². The normalized spacial score (nSPS) is 22.4. The summed E-state index contributed by atoms with van der Waals surface area (Å²) in [5, 5.41) is 6.40. The molecule has 1 aliphatic rings. The monoisotopic (exact) mass is 153 g/mol. The fourth-order valence-electron chi connectivity index (χ4n) is 1.12. The lowest BCUT2D eigenvalue weighted by atomic mass is 10.2. The van der Waals surface area contributed by atoms with Gasteiger partial charge in [-0.25, -0.2) is 0 Å². The second kappa shape index (κ2) is 3.42. The molecule has 1 unspecified atom stereocenters. The molecule has 1 atom stereocenters. The maximum absolute atomic E-state index is 4.23. The predicted molar refractivity (Wildman–Crippen MR) is 47.7 cm³/mol. The summed E-state index contributed by atoms with van der Waals surface area (Å²) in [4.78, 5) is 4.23. The van der Waals surface area contributed by atoms with E-state index in [4.69, 9.17) is 0 Å². The van der Waals surface area contributed by atoms with Crippen molar-refractivity contribution < 1.29 is 0 Å². The van der Waals surface area contributed by atoms with Crippen molar-refractivity contribution in [2.45, 2.75) is 19.9 Å². The van der Waals surface area contributed by atoms with Crippen molar-refractivity contribution in [1.82, 2.24) is 10.6 Å². The van der Waals surface area contributed by atoms with Gasteiger partial charge >= 0.3 is 0 Å². The molecule has 0 spiro atoms. The van der Waals surface area contributed by atoms with Crippen LogP contribution in [-0.4, -0.2) is 25.0 Å². The number of rotatable bonds is 3. The zero-order valence-electron chi connectivity index (χ0n) is 7.15. The molecule has 0 aromatic rings. The number of aliphatic imine (C=N–C) groups is 1. The van der Waals surface area contributed by atoms with Crippen molar-refractivity contribution in [2.75, 3.05) is 13.1 Å². The SMILES string of the molecule is C=C(NCC)C1CN=C(C)N1. The molecule has 1 rings (SSSR count). The maximum Gasteiger partial charge on any atom is 0.0938 e. The average Bonchev–Trinajstić information content (AvgIpc) is 2.36. The van der Waals surface area contributed by atoms with E-state index in [1.165, 1.54) is 0 Å². The summed E-state index contributed by atoms with van der Waals surface area (Å²) in [7, 11) is 0. The van der Waals surface area contributed by atoms with Gasteiger partial charge in [-0.1, -0.05) is 6.58 Å². The smallest absolute Gasteiger partial charge is 0.0938 e. The van der Waals surface area contributed by atoms with Gasteiger partial charge in [0.25, 0.3) is 0 Å². The lowest BCUT2D eigenvalue weighted by molar-refractivity contribution is 0.673. The Bertz CT molecular complexity index is 184. The summed E-state index contributed by atoms with van der Waals surface area (Å²) in [5.41, 5.74) is 1.04. The van der Waals surface area contributed by atoms with Crippen LogP contribution in [0.2, 0.25) is 0 Å². The molecule has 2 N–H and O–H groups in total. The maximum atomic E-state index is 4.23. The molecule has 0 saturated heterocycles. The molecule has 3 nitrogen and oxygen atoms in total. The molecular formula is C8H15N3. The Morgan fingerprint density at radius 3 is 3.09 bits per heavy atom. The van der Waals surface area contributed by atoms with Crippen LogP contribution >= 0.6 is 0 Å². The summed E-state index contributed by atoms with van der Waals surface area (Å²) in [6.45, 7) is 9.69. The van der Waals surface area contributed by atoms with Crippen LogP contribution in [0, 0.1) is 0 Å². The quantitative estimate of drug-likeness (QED) is 0.619. The van der Waals surface area contributed by atoms with E-state index in [1.807, 2.05) is 6.92 Å². The molecule has 1 aliphatic heterocycles. The van der Waals surface area contributed by atoms with E-state index in [-0.39, 0.29) is 0 Å². The van der Waals surface area contributed by atoms with Crippen LogP contribution in [0.15, 0.2) is 17.3 Å². The molecule has 0 amide bonds. The molecule has 0 saturated carbocycles. The third kappa shape index (κ3) is 1.97. The van der Waals surface area contributed by atoms with Crippen LogP contribution < -0.4 is 10.6 Å². The summed E-state index contributed by atoms with van der Waals surface area (Å²) in [6, 6.07) is 0.301. The van der Waals surface area contributed by atoms with Crippen molar-refractivity contribution in [3.63, 3.8) is 0 Å².